The number of esters is 1. The number of ether oxygens (including phenoxy) is 4. The summed E-state index contributed by atoms with van der Waals surface area (Å²) in [5.41, 5.74) is 2.60. The fraction of sp³-hybridized carbons (Fsp3) is 0.442. The van der Waals surface area contributed by atoms with Crippen molar-refractivity contribution in [2.75, 3.05) is 12.4 Å². The number of ketones is 1. The second-order valence-electron chi connectivity index (χ2n) is 15.7. The van der Waals surface area contributed by atoms with Gasteiger partial charge in [-0.2, -0.15) is 4.40 Å². The Morgan fingerprint density at radius 2 is 1.67 bits per heavy atom. The molecule has 2 aromatic carbocycles. The van der Waals surface area contributed by atoms with Crippen LogP contribution < -0.4 is 14.5 Å². The number of aliphatic hydroxyl groups excluding tert-OH is 2. The lowest BCUT2D eigenvalue weighted by Crippen LogP contribution is -2.46. The molecule has 9 unspecified atom stereocenters. The van der Waals surface area contributed by atoms with Gasteiger partial charge in [0.05, 0.1) is 47.1 Å². The molecule has 0 aliphatic carbocycles. The second kappa shape index (κ2) is 15.5. The van der Waals surface area contributed by atoms with Gasteiger partial charge in [0.25, 0.3) is 17.3 Å². The third-order valence-electron chi connectivity index (χ3n) is 11.6. The van der Waals surface area contributed by atoms with E-state index in [1.165, 1.54) is 27.2 Å². The Labute approximate surface area is 330 Å². The van der Waals surface area contributed by atoms with Crippen molar-refractivity contribution in [2.45, 2.75) is 92.5 Å². The van der Waals surface area contributed by atoms with Crippen molar-refractivity contribution in [1.29, 1.82) is 0 Å². The fourth-order valence-corrected chi connectivity index (χ4v) is 8.11. The Kier molecular flexibility index (Phi) is 11.2. The number of phenolic OH excluding ortho intramolecular Hbond substituents is 2. The van der Waals surface area contributed by atoms with E-state index in [0.29, 0.717) is 16.7 Å². The number of nitrogens with zero attached hydrogens (tertiary/aromatic N) is 1. The number of aryl methyl sites for hydroxylation is 1. The number of hydrogen-bond acceptors (Lipinski definition) is 11. The van der Waals surface area contributed by atoms with Gasteiger partial charge >= 0.3 is 11.8 Å². The Bertz CT molecular complexity index is 2380. The highest BCUT2D eigenvalue weighted by molar-refractivity contribution is 6.27. The fourth-order valence-electron chi connectivity index (χ4n) is 8.11. The largest absolute Gasteiger partial charge is 0.507 e. The molecule has 0 radical (unpaired) electrons. The molecule has 4 bridgehead atoms. The number of methoxy groups -OCH3 is 1. The second-order valence-corrected chi connectivity index (χ2v) is 15.7. The van der Waals surface area contributed by atoms with Crippen LogP contribution in [0.3, 0.4) is 0 Å². The first kappa shape index (κ1) is 41.2. The molecule has 2 aromatic heterocycles. The number of pyridine rings is 1. The molecule has 0 fully saturated rings. The summed E-state index contributed by atoms with van der Waals surface area (Å²) in [5.74, 6) is -6.83. The lowest BCUT2D eigenvalue weighted by Gasteiger charge is -2.38. The number of Topliss-reactive ketones (excluding diaryl/α,β-unsaturated/α-hetero) is 1. The third kappa shape index (κ3) is 7.10. The van der Waals surface area contributed by atoms with Gasteiger partial charge in [-0.15, -0.1) is 0 Å². The van der Waals surface area contributed by atoms with Crippen LogP contribution in [0.4, 0.5) is 5.69 Å². The van der Waals surface area contributed by atoms with E-state index in [4.69, 9.17) is 18.9 Å². The normalized spacial score (nSPS) is 28.8. The molecular weight excluding hydrogens is 734 g/mol. The van der Waals surface area contributed by atoms with Crippen LogP contribution in [-0.2, 0) is 23.8 Å². The number of aromatic hydroxyl groups is 2. The summed E-state index contributed by atoms with van der Waals surface area (Å²) >= 11 is 0. The van der Waals surface area contributed by atoms with Crippen molar-refractivity contribution in [1.82, 2.24) is 4.98 Å². The van der Waals surface area contributed by atoms with Crippen molar-refractivity contribution in [3.63, 3.8) is 0 Å². The molecule has 304 valence electrons. The van der Waals surface area contributed by atoms with Gasteiger partial charge in [-0.05, 0) is 38.5 Å². The standard InChI is InChI=1S/C43H51N3O11/c1-19-14-16-46-28(18-19)44-32-29-30-37(50)25(7)40-31(29)41(52)43(9,57-40)55-17-15-27(54-10)22(4)39(56-26(8)47)24(6)36(49)23(5)35(48)20(2)12-11-13-21(3)42(53)45-33(34(32)46)38(30)51/h11-18,20,22-24,27,35-36,39,48-49H,1-10H3,(H3,45,50,51,52,53)/p+1. The molecule has 1 amide bonds. The Morgan fingerprint density at radius 1 is 0.965 bits per heavy atom. The van der Waals surface area contributed by atoms with Gasteiger partial charge in [-0.1, -0.05) is 45.9 Å². The van der Waals surface area contributed by atoms with Crippen LogP contribution in [0.5, 0.6) is 17.2 Å². The number of aromatic nitrogens is 2. The average Bonchev–Trinajstić information content (AvgIpc) is 3.67. The lowest BCUT2D eigenvalue weighted by atomic mass is 9.78. The van der Waals surface area contributed by atoms with Crippen LogP contribution in [-0.4, -0.2) is 80.4 Å². The summed E-state index contributed by atoms with van der Waals surface area (Å²) in [6.45, 7) is 14.8. The number of fused-ring (bicyclic) bond motifs is 2. The molecule has 0 saturated carbocycles. The van der Waals surface area contributed by atoms with E-state index in [1.54, 1.807) is 76.4 Å². The van der Waals surface area contributed by atoms with Crippen LogP contribution >= 0.6 is 0 Å². The summed E-state index contributed by atoms with van der Waals surface area (Å²) in [6, 6.07) is 3.71. The Morgan fingerprint density at radius 3 is 2.33 bits per heavy atom. The predicted octanol–water partition coefficient (Wildman–Crippen LogP) is 5.58. The number of rotatable bonds is 2. The molecule has 6 N–H and O–H groups in total. The number of aliphatic hydroxyl groups is 2. The number of benzene rings is 2. The van der Waals surface area contributed by atoms with Crippen LogP contribution in [0.1, 0.15) is 70.0 Å². The van der Waals surface area contributed by atoms with Crippen molar-refractivity contribution < 1.29 is 58.2 Å². The summed E-state index contributed by atoms with van der Waals surface area (Å²) in [4.78, 5) is 44.1. The minimum absolute atomic E-state index is 0.00995. The van der Waals surface area contributed by atoms with E-state index in [0.717, 1.165) is 5.56 Å². The minimum atomic E-state index is -1.94. The highest BCUT2D eigenvalue weighted by atomic mass is 16.7. The maximum atomic E-state index is 14.6. The number of hydrogen-bond donors (Lipinski definition) is 6. The smallest absolute Gasteiger partial charge is 0.312 e. The average molecular weight is 787 g/mol. The first-order valence-electron chi connectivity index (χ1n) is 19.0. The zero-order valence-corrected chi connectivity index (χ0v) is 33.8. The van der Waals surface area contributed by atoms with E-state index in [-0.39, 0.29) is 44.7 Å². The summed E-state index contributed by atoms with van der Waals surface area (Å²) in [7, 11) is 1.46. The van der Waals surface area contributed by atoms with E-state index in [2.05, 4.69) is 10.3 Å². The summed E-state index contributed by atoms with van der Waals surface area (Å²) in [6.07, 6.45) is 5.70. The Hall–Kier alpha value is -5.44. The first-order valence-corrected chi connectivity index (χ1v) is 19.0. The number of anilines is 1. The number of carbonyl (C=O) groups excluding carboxylic acids is 3. The van der Waals surface area contributed by atoms with Gasteiger partial charge in [-0.3, -0.25) is 14.4 Å². The molecule has 14 nitrogen and oxygen atoms in total. The number of carbonyl (C=O) groups is 3. The summed E-state index contributed by atoms with van der Waals surface area (Å²) < 4.78 is 25.6. The number of allylic oxidation sites excluding steroid dienone is 2. The van der Waals surface area contributed by atoms with E-state index >= 15 is 0 Å². The molecule has 14 heteroatoms. The molecule has 0 saturated heterocycles. The maximum absolute atomic E-state index is 14.6. The highest BCUT2D eigenvalue weighted by Crippen LogP contribution is 2.53. The molecule has 4 heterocycles. The predicted molar refractivity (Wildman–Crippen MR) is 212 cm³/mol. The van der Waals surface area contributed by atoms with Crippen LogP contribution in [0.2, 0.25) is 0 Å². The molecule has 4 aromatic rings. The van der Waals surface area contributed by atoms with Gasteiger partial charge in [0, 0.05) is 61.8 Å². The van der Waals surface area contributed by atoms with E-state index in [1.807, 2.05) is 19.1 Å². The first-order chi connectivity index (χ1) is 26.8. The van der Waals surface area contributed by atoms with Crippen LogP contribution in [0, 0.1) is 37.5 Å². The van der Waals surface area contributed by atoms with Crippen molar-refractivity contribution in [3.8, 4) is 17.2 Å². The lowest BCUT2D eigenvalue weighted by molar-refractivity contribution is -0.480. The number of amides is 1. The topological polar surface area (TPSA) is 201 Å². The minimum Gasteiger partial charge on any atom is -0.507 e. The van der Waals surface area contributed by atoms with Crippen molar-refractivity contribution in [2.24, 2.45) is 23.7 Å². The van der Waals surface area contributed by atoms with Gasteiger partial charge in [-0.25, -0.2) is 4.98 Å². The Balaban J connectivity index is 1.58. The van der Waals surface area contributed by atoms with Gasteiger partial charge < -0.3 is 44.7 Å². The van der Waals surface area contributed by atoms with Crippen LogP contribution in [0.25, 0.3) is 27.5 Å². The quantitative estimate of drug-likeness (QED) is 0.0843. The molecule has 0 spiro atoms. The van der Waals surface area contributed by atoms with E-state index < -0.39 is 77.3 Å². The zero-order valence-electron chi connectivity index (χ0n) is 33.8. The molecular formula is C43H52N3O11+. The zero-order chi connectivity index (χ0) is 41.8. The molecule has 2 aliphatic heterocycles. The van der Waals surface area contributed by atoms with Gasteiger partial charge in [0.1, 0.15) is 23.3 Å². The van der Waals surface area contributed by atoms with Crippen LogP contribution in [0.15, 0.2) is 54.5 Å². The number of imidazole rings is 1. The molecule has 9 atom stereocenters. The van der Waals surface area contributed by atoms with Gasteiger partial charge in [0.15, 0.2) is 11.3 Å². The van der Waals surface area contributed by atoms with Crippen molar-refractivity contribution >= 4 is 50.8 Å². The maximum Gasteiger partial charge on any atom is 0.312 e. The molecule has 2 aliphatic rings. The molecule has 6 rings (SSSR count). The van der Waals surface area contributed by atoms with E-state index in [9.17, 15) is 34.8 Å². The monoisotopic (exact) mass is 786 g/mol. The van der Waals surface area contributed by atoms with Crippen molar-refractivity contribution in [3.05, 3.63) is 71.2 Å². The SMILES string of the molecule is COC1C=COC2(C)Oc3c(C)c(O)c4c(O)c(c5c([nH]c6cc(C)cc[n+]65)c4c3C2=O)NC(=O)C(C)=CC=CC(C)C(O)C(C)C(O)C(C)C(OC(C)=O)C1C. The number of nitrogens with one attached hydrogen (secondary N) is 2. The highest BCUT2D eigenvalue weighted by Gasteiger charge is 2.50. The summed E-state index contributed by atoms with van der Waals surface area (Å²) in [5, 5.41) is 49.5. The number of H-pyrrole nitrogens is 1. The number of aromatic amines is 1. The third-order valence-corrected chi connectivity index (χ3v) is 11.6. The molecule has 57 heavy (non-hydrogen) atoms. The van der Waals surface area contributed by atoms with Gasteiger partial charge in [0.2, 0.25) is 5.52 Å². The number of phenols is 2.